The Labute approximate surface area is 272 Å². The van der Waals surface area contributed by atoms with Crippen molar-refractivity contribution >= 4 is 23.9 Å². The lowest BCUT2D eigenvalue weighted by Gasteiger charge is -2.44. The second-order valence-corrected chi connectivity index (χ2v) is 10.9. The molecular weight excluding hydrogens is 604 g/mol. The largest absolute Gasteiger partial charge is 0.459 e. The SMILES string of the molecule is CC(C)O[C@H]1OC(COC(=O)c2ccccc2)[C@@H](OC(=O)c2ccccc2)[C@H](OC(=O)c2ccccc2)C1OC(=O)c1ccccc1. The Kier molecular flexibility index (Phi) is 11.1. The Bertz CT molecular complexity index is 1630. The number of carbonyl (C=O) groups is 4. The predicted octanol–water partition coefficient (Wildman–Crippen LogP) is 5.67. The first-order valence-corrected chi connectivity index (χ1v) is 15.1. The van der Waals surface area contributed by atoms with Gasteiger partial charge in [0.25, 0.3) is 0 Å². The summed E-state index contributed by atoms with van der Waals surface area (Å²) in [6.07, 6.45) is -7.25. The molecule has 5 rings (SSSR count). The van der Waals surface area contributed by atoms with Gasteiger partial charge in [0.15, 0.2) is 24.6 Å². The van der Waals surface area contributed by atoms with E-state index in [9.17, 15) is 19.2 Å². The van der Waals surface area contributed by atoms with Crippen LogP contribution in [0.2, 0.25) is 0 Å². The highest BCUT2D eigenvalue weighted by molar-refractivity contribution is 5.91. The van der Waals surface area contributed by atoms with Gasteiger partial charge in [0.2, 0.25) is 0 Å². The fourth-order valence-corrected chi connectivity index (χ4v) is 4.91. The summed E-state index contributed by atoms with van der Waals surface area (Å²) in [4.78, 5) is 53.3. The number of benzene rings is 4. The smallest absolute Gasteiger partial charge is 0.338 e. The van der Waals surface area contributed by atoms with Crippen LogP contribution in [0.5, 0.6) is 0 Å². The van der Waals surface area contributed by atoms with Gasteiger partial charge in [0.05, 0.1) is 28.4 Å². The van der Waals surface area contributed by atoms with E-state index in [0.717, 1.165) is 0 Å². The van der Waals surface area contributed by atoms with Crippen LogP contribution in [0.4, 0.5) is 0 Å². The monoisotopic (exact) mass is 638 g/mol. The number of ether oxygens (including phenoxy) is 6. The Morgan fingerprint density at radius 3 is 1.30 bits per heavy atom. The number of hydrogen-bond acceptors (Lipinski definition) is 10. The maximum Gasteiger partial charge on any atom is 0.338 e. The molecular formula is C37H34O10. The van der Waals surface area contributed by atoms with Gasteiger partial charge < -0.3 is 28.4 Å². The average Bonchev–Trinajstić information content (AvgIpc) is 3.10. The molecule has 4 aromatic carbocycles. The number of rotatable bonds is 11. The van der Waals surface area contributed by atoms with Crippen molar-refractivity contribution in [2.24, 2.45) is 0 Å². The van der Waals surface area contributed by atoms with Gasteiger partial charge in [-0.05, 0) is 62.4 Å². The first-order valence-electron chi connectivity index (χ1n) is 15.1. The number of esters is 4. The molecule has 1 saturated heterocycles. The van der Waals surface area contributed by atoms with Crippen LogP contribution in [0.25, 0.3) is 0 Å². The molecule has 5 atom stereocenters. The van der Waals surface area contributed by atoms with Crippen LogP contribution < -0.4 is 0 Å². The minimum atomic E-state index is -1.46. The van der Waals surface area contributed by atoms with E-state index in [1.54, 1.807) is 135 Å². The zero-order valence-corrected chi connectivity index (χ0v) is 25.8. The summed E-state index contributed by atoms with van der Waals surface area (Å²) < 4.78 is 35.8. The molecule has 1 aliphatic rings. The van der Waals surface area contributed by atoms with E-state index in [4.69, 9.17) is 28.4 Å². The van der Waals surface area contributed by atoms with E-state index in [2.05, 4.69) is 0 Å². The van der Waals surface area contributed by atoms with E-state index in [0.29, 0.717) is 0 Å². The third-order valence-corrected chi connectivity index (χ3v) is 7.14. The van der Waals surface area contributed by atoms with Crippen LogP contribution >= 0.6 is 0 Å². The Hall–Kier alpha value is -5.32. The fraction of sp³-hybridized carbons (Fsp3) is 0.243. The number of hydrogen-bond donors (Lipinski definition) is 0. The molecule has 10 heteroatoms. The van der Waals surface area contributed by atoms with Crippen LogP contribution in [0.15, 0.2) is 121 Å². The van der Waals surface area contributed by atoms with Crippen LogP contribution in [-0.4, -0.2) is 67.3 Å². The van der Waals surface area contributed by atoms with Gasteiger partial charge in [-0.1, -0.05) is 72.8 Å². The van der Waals surface area contributed by atoms with Gasteiger partial charge in [-0.2, -0.15) is 0 Å². The lowest BCUT2D eigenvalue weighted by molar-refractivity contribution is -0.305. The van der Waals surface area contributed by atoms with Crippen molar-refractivity contribution in [1.82, 2.24) is 0 Å². The first-order chi connectivity index (χ1) is 22.8. The average molecular weight is 639 g/mol. The zero-order chi connectivity index (χ0) is 33.2. The zero-order valence-electron chi connectivity index (χ0n) is 25.8. The molecule has 0 spiro atoms. The molecule has 0 aromatic heterocycles. The molecule has 1 fully saturated rings. The van der Waals surface area contributed by atoms with Gasteiger partial charge in [-0.15, -0.1) is 0 Å². The molecule has 242 valence electrons. The topological polar surface area (TPSA) is 124 Å². The molecule has 0 aliphatic carbocycles. The summed E-state index contributed by atoms with van der Waals surface area (Å²) in [6.45, 7) is 3.07. The molecule has 10 nitrogen and oxygen atoms in total. The van der Waals surface area contributed by atoms with Crippen molar-refractivity contribution in [2.45, 2.75) is 50.7 Å². The molecule has 1 heterocycles. The normalized spacial score (nSPS) is 20.5. The maximum atomic E-state index is 13.5. The summed E-state index contributed by atoms with van der Waals surface area (Å²) >= 11 is 0. The van der Waals surface area contributed by atoms with Crippen molar-refractivity contribution in [3.63, 3.8) is 0 Å². The predicted molar refractivity (Wildman–Crippen MR) is 169 cm³/mol. The third kappa shape index (κ3) is 8.69. The molecule has 4 aromatic rings. The second kappa shape index (κ2) is 15.8. The maximum absolute atomic E-state index is 13.5. The Morgan fingerprint density at radius 1 is 0.532 bits per heavy atom. The molecule has 0 radical (unpaired) electrons. The third-order valence-electron chi connectivity index (χ3n) is 7.14. The first kappa shape index (κ1) is 33.1. The molecule has 0 amide bonds. The molecule has 0 bridgehead atoms. The molecule has 0 saturated carbocycles. The summed E-state index contributed by atoms with van der Waals surface area (Å²) in [6, 6.07) is 32.9. The van der Waals surface area contributed by atoms with Crippen molar-refractivity contribution in [1.29, 1.82) is 0 Å². The summed E-state index contributed by atoms with van der Waals surface area (Å²) in [5.74, 6) is -2.95. The minimum Gasteiger partial charge on any atom is -0.459 e. The highest BCUT2D eigenvalue weighted by Crippen LogP contribution is 2.32. The standard InChI is InChI=1S/C37H34O10/c1-24(2)43-37-32(47-36(41)28-21-13-6-14-22-28)31(46-35(40)27-19-11-5-12-20-27)30(45-34(39)26-17-9-4-10-18-26)29(44-37)23-42-33(38)25-15-7-3-8-16-25/h3-22,24,29-32,37H,23H2,1-2H3/t29?,30-,31+,32?,37+/m1/s1. The fourth-order valence-electron chi connectivity index (χ4n) is 4.91. The molecule has 2 unspecified atom stereocenters. The van der Waals surface area contributed by atoms with E-state index in [-0.39, 0.29) is 22.3 Å². The van der Waals surface area contributed by atoms with E-state index < -0.39 is 67.3 Å². The Balaban J connectivity index is 1.54. The summed E-state index contributed by atoms with van der Waals surface area (Å²) in [7, 11) is 0. The Morgan fingerprint density at radius 2 is 0.894 bits per heavy atom. The van der Waals surface area contributed by atoms with Gasteiger partial charge in [-0.3, -0.25) is 0 Å². The molecule has 47 heavy (non-hydrogen) atoms. The second-order valence-electron chi connectivity index (χ2n) is 10.9. The minimum absolute atomic E-state index is 0.202. The lowest BCUT2D eigenvalue weighted by Crippen LogP contribution is -2.63. The van der Waals surface area contributed by atoms with Crippen LogP contribution in [0.1, 0.15) is 55.3 Å². The van der Waals surface area contributed by atoms with Gasteiger partial charge in [0.1, 0.15) is 12.7 Å². The van der Waals surface area contributed by atoms with Crippen LogP contribution in [0, 0.1) is 0 Å². The molecule has 1 aliphatic heterocycles. The lowest BCUT2D eigenvalue weighted by atomic mass is 9.97. The quantitative estimate of drug-likeness (QED) is 0.150. The van der Waals surface area contributed by atoms with E-state index in [1.165, 1.54) is 0 Å². The van der Waals surface area contributed by atoms with Crippen LogP contribution in [-0.2, 0) is 28.4 Å². The highest BCUT2D eigenvalue weighted by atomic mass is 16.7. The van der Waals surface area contributed by atoms with Gasteiger partial charge in [-0.25, -0.2) is 19.2 Å². The molecule has 0 N–H and O–H groups in total. The van der Waals surface area contributed by atoms with Gasteiger partial charge >= 0.3 is 23.9 Å². The van der Waals surface area contributed by atoms with Gasteiger partial charge in [0, 0.05) is 0 Å². The van der Waals surface area contributed by atoms with Crippen molar-refractivity contribution in [2.75, 3.05) is 6.61 Å². The van der Waals surface area contributed by atoms with E-state index >= 15 is 0 Å². The highest BCUT2D eigenvalue weighted by Gasteiger charge is 2.54. The summed E-state index contributed by atoms with van der Waals surface area (Å²) in [5, 5.41) is 0. The van der Waals surface area contributed by atoms with Crippen LogP contribution in [0.3, 0.4) is 0 Å². The van der Waals surface area contributed by atoms with Crippen molar-refractivity contribution in [3.05, 3.63) is 144 Å². The van der Waals surface area contributed by atoms with Crippen molar-refractivity contribution < 1.29 is 47.6 Å². The van der Waals surface area contributed by atoms with Crippen molar-refractivity contribution in [3.8, 4) is 0 Å². The summed E-state index contributed by atoms with van der Waals surface area (Å²) in [5.41, 5.74) is 0.922. The van der Waals surface area contributed by atoms with E-state index in [1.807, 2.05) is 0 Å². The number of carbonyl (C=O) groups excluding carboxylic acids is 4.